The lowest BCUT2D eigenvalue weighted by atomic mass is 9.82. The summed E-state index contributed by atoms with van der Waals surface area (Å²) in [5.41, 5.74) is 2.32. The molecule has 4 aromatic carbocycles. The van der Waals surface area contributed by atoms with Crippen LogP contribution in [0, 0.1) is 0 Å². The van der Waals surface area contributed by atoms with Crippen molar-refractivity contribution in [2.24, 2.45) is 4.99 Å². The highest BCUT2D eigenvalue weighted by Crippen LogP contribution is 2.43. The molecule has 0 bridgehead atoms. The lowest BCUT2D eigenvalue weighted by molar-refractivity contribution is -0.128. The number of methoxy groups -OCH3 is 1. The van der Waals surface area contributed by atoms with Crippen molar-refractivity contribution in [3.8, 4) is 11.5 Å². The average Bonchev–Trinajstić information content (AvgIpc) is 3.43. The number of nitrogens with zero attached hydrogens (tertiary/aromatic N) is 1. The van der Waals surface area contributed by atoms with E-state index in [0.717, 1.165) is 36.9 Å². The number of nitrogens with one attached hydrogen (secondary N) is 1. The molecule has 5 rings (SSSR count). The van der Waals surface area contributed by atoms with Gasteiger partial charge in [0.2, 0.25) is 5.90 Å². The second-order valence-electron chi connectivity index (χ2n) is 10.5. The van der Waals surface area contributed by atoms with E-state index >= 15 is 0 Å². The number of benzene rings is 4. The van der Waals surface area contributed by atoms with Crippen LogP contribution in [-0.4, -0.2) is 49.3 Å². The summed E-state index contributed by atoms with van der Waals surface area (Å²) < 4.78 is 19.6. The van der Waals surface area contributed by atoms with Crippen LogP contribution >= 0.6 is 31.9 Å². The van der Waals surface area contributed by atoms with Crippen LogP contribution in [0.3, 0.4) is 0 Å². The Morgan fingerprint density at radius 3 is 2.32 bits per heavy atom. The number of aliphatic imine (C=N–C) groups is 1. The van der Waals surface area contributed by atoms with Gasteiger partial charge < -0.3 is 24.6 Å². The van der Waals surface area contributed by atoms with Crippen LogP contribution in [0.2, 0.25) is 0 Å². The molecule has 0 saturated carbocycles. The summed E-state index contributed by atoms with van der Waals surface area (Å²) >= 11 is 7.05. The van der Waals surface area contributed by atoms with Crippen molar-refractivity contribution in [3.05, 3.63) is 128 Å². The van der Waals surface area contributed by atoms with Crippen LogP contribution < -0.4 is 14.8 Å². The van der Waals surface area contributed by atoms with Gasteiger partial charge in [-0.15, -0.1) is 0 Å². The Morgan fingerprint density at radius 2 is 1.64 bits per heavy atom. The molecule has 44 heavy (non-hydrogen) atoms. The van der Waals surface area contributed by atoms with Gasteiger partial charge >= 0.3 is 0 Å². The Kier molecular flexibility index (Phi) is 10.7. The Bertz CT molecular complexity index is 1580. The van der Waals surface area contributed by atoms with E-state index < -0.39 is 11.6 Å². The molecular weight excluding hydrogens is 688 g/mol. The van der Waals surface area contributed by atoms with Crippen molar-refractivity contribution >= 4 is 43.7 Å². The Morgan fingerprint density at radius 1 is 0.932 bits per heavy atom. The molecule has 1 heterocycles. The summed E-state index contributed by atoms with van der Waals surface area (Å²) in [5.74, 6) is 1.64. The zero-order valence-corrected chi connectivity index (χ0v) is 27.5. The fraction of sp³-hybridized carbons (Fsp3) is 0.257. The minimum absolute atomic E-state index is 0.0717. The van der Waals surface area contributed by atoms with Crippen molar-refractivity contribution in [1.82, 2.24) is 5.32 Å². The number of rotatable bonds is 13. The van der Waals surface area contributed by atoms with E-state index in [-0.39, 0.29) is 12.5 Å². The van der Waals surface area contributed by atoms with Crippen molar-refractivity contribution in [3.63, 3.8) is 0 Å². The summed E-state index contributed by atoms with van der Waals surface area (Å²) in [6.45, 7) is 0.916. The van der Waals surface area contributed by atoms with Gasteiger partial charge in [-0.2, -0.15) is 0 Å². The van der Waals surface area contributed by atoms with Crippen molar-refractivity contribution < 1.29 is 24.1 Å². The highest BCUT2D eigenvalue weighted by molar-refractivity contribution is 9.10. The maximum absolute atomic E-state index is 14.4. The lowest BCUT2D eigenvalue weighted by Gasteiger charge is -2.31. The maximum atomic E-state index is 14.4. The molecule has 0 unspecified atom stereocenters. The molecule has 228 valence electrons. The number of aliphatic hydroxyl groups is 1. The van der Waals surface area contributed by atoms with Gasteiger partial charge in [0.1, 0.15) is 11.5 Å². The summed E-state index contributed by atoms with van der Waals surface area (Å²) in [7, 11) is 1.64. The van der Waals surface area contributed by atoms with E-state index in [1.165, 1.54) is 0 Å². The number of carbonyl (C=O) groups is 1. The molecule has 2 N–H and O–H groups in total. The van der Waals surface area contributed by atoms with E-state index in [1.54, 1.807) is 7.11 Å². The first-order valence-electron chi connectivity index (χ1n) is 14.4. The van der Waals surface area contributed by atoms with Crippen LogP contribution in [0.1, 0.15) is 34.8 Å². The molecule has 4 aromatic rings. The van der Waals surface area contributed by atoms with E-state index in [0.29, 0.717) is 44.1 Å². The quantitative estimate of drug-likeness (QED) is 0.148. The van der Waals surface area contributed by atoms with Crippen LogP contribution in [0.5, 0.6) is 11.5 Å². The van der Waals surface area contributed by atoms with Gasteiger partial charge in [-0.3, -0.25) is 4.79 Å². The predicted octanol–water partition coefficient (Wildman–Crippen LogP) is 6.84. The topological polar surface area (TPSA) is 89.4 Å². The van der Waals surface area contributed by atoms with Crippen LogP contribution in [0.15, 0.2) is 111 Å². The highest BCUT2D eigenvalue weighted by atomic mass is 79.9. The van der Waals surface area contributed by atoms with Gasteiger partial charge in [0, 0.05) is 40.5 Å². The number of halogens is 2. The first-order valence-corrected chi connectivity index (χ1v) is 16.0. The molecule has 0 aromatic heterocycles. The number of amides is 1. The molecule has 7 nitrogen and oxygen atoms in total. The fourth-order valence-corrected chi connectivity index (χ4v) is 5.66. The van der Waals surface area contributed by atoms with Crippen molar-refractivity contribution in [1.29, 1.82) is 0 Å². The number of ether oxygens (including phenoxy) is 3. The van der Waals surface area contributed by atoms with E-state index in [4.69, 9.17) is 24.3 Å². The van der Waals surface area contributed by atoms with E-state index in [2.05, 4.69) is 37.2 Å². The van der Waals surface area contributed by atoms with Crippen molar-refractivity contribution in [2.45, 2.75) is 30.9 Å². The smallest absolute Gasteiger partial charge is 0.252 e. The maximum Gasteiger partial charge on any atom is 0.252 e. The normalized spacial score (nSPS) is 17.5. The highest BCUT2D eigenvalue weighted by Gasteiger charge is 2.53. The van der Waals surface area contributed by atoms with Crippen LogP contribution in [0.25, 0.3) is 0 Å². The van der Waals surface area contributed by atoms with Gasteiger partial charge in [0.05, 0.1) is 13.7 Å². The first kappa shape index (κ1) is 31.8. The Hall–Kier alpha value is -3.66. The number of hydrogen-bond acceptors (Lipinski definition) is 6. The molecule has 0 fully saturated rings. The molecular formula is C35H34Br2N2O5. The fourth-order valence-electron chi connectivity index (χ4n) is 5.13. The van der Waals surface area contributed by atoms with Gasteiger partial charge in [-0.25, -0.2) is 4.99 Å². The zero-order chi connectivity index (χ0) is 30.9. The lowest BCUT2D eigenvalue weighted by Crippen LogP contribution is -2.50. The van der Waals surface area contributed by atoms with Gasteiger partial charge in [0.25, 0.3) is 5.91 Å². The number of hydrogen-bond donors (Lipinski definition) is 2. The summed E-state index contributed by atoms with van der Waals surface area (Å²) in [6, 6.07) is 31.0. The SMILES string of the molecule is COc1cccc(CCNC(=O)[C@]2(Cc3ccc(Br)cc3)N=C(c3ccc(OCCCO)cc3)O[C@@H]2c2ccc(Br)cc2)c1. The van der Waals surface area contributed by atoms with E-state index in [9.17, 15) is 4.79 Å². The second-order valence-corrected chi connectivity index (χ2v) is 12.3. The third-order valence-corrected chi connectivity index (χ3v) is 8.48. The van der Waals surface area contributed by atoms with Gasteiger partial charge in [0.15, 0.2) is 11.6 Å². The summed E-state index contributed by atoms with van der Waals surface area (Å²) in [5, 5.41) is 12.2. The minimum atomic E-state index is -1.28. The molecule has 1 aliphatic rings. The monoisotopic (exact) mass is 720 g/mol. The predicted molar refractivity (Wildman–Crippen MR) is 178 cm³/mol. The van der Waals surface area contributed by atoms with Gasteiger partial charge in [-0.1, -0.05) is 68.3 Å². The average molecular weight is 722 g/mol. The third-order valence-electron chi connectivity index (χ3n) is 7.42. The van der Waals surface area contributed by atoms with Gasteiger partial charge in [-0.05, 0) is 83.8 Å². The molecule has 9 heteroatoms. The van der Waals surface area contributed by atoms with E-state index in [1.807, 2.05) is 97.1 Å². The van der Waals surface area contributed by atoms with Crippen molar-refractivity contribution in [2.75, 3.05) is 26.9 Å². The molecule has 2 atom stereocenters. The molecule has 0 radical (unpaired) electrons. The molecule has 1 amide bonds. The molecule has 1 aliphatic heterocycles. The van der Waals surface area contributed by atoms with Crippen LogP contribution in [-0.2, 0) is 22.4 Å². The number of carbonyl (C=O) groups excluding carboxylic acids is 1. The largest absolute Gasteiger partial charge is 0.497 e. The molecule has 0 spiro atoms. The number of aliphatic hydroxyl groups excluding tert-OH is 1. The third kappa shape index (κ3) is 7.70. The van der Waals surface area contributed by atoms with Crippen LogP contribution in [0.4, 0.5) is 0 Å². The standard InChI is InChI=1S/C35H34Br2N2O5/c1-42-31-5-2-4-24(22-31)18-19-38-34(41)35(23-25-6-12-28(36)13-7-25)32(26-8-14-29(37)15-9-26)44-33(39-35)27-10-16-30(17-11-27)43-21-3-20-40/h2,4-17,22,32,40H,3,18-21,23H2,1H3,(H,38,41)/t32-,35-/m1/s1. The second kappa shape index (κ2) is 14.9. The Balaban J connectivity index is 1.50. The molecule has 0 saturated heterocycles. The summed E-state index contributed by atoms with van der Waals surface area (Å²) in [4.78, 5) is 19.5. The molecule has 0 aliphatic carbocycles. The zero-order valence-electron chi connectivity index (χ0n) is 24.3. The Labute approximate surface area is 274 Å². The minimum Gasteiger partial charge on any atom is -0.497 e. The summed E-state index contributed by atoms with van der Waals surface area (Å²) in [6.07, 6.45) is 0.845. The first-order chi connectivity index (χ1) is 21.4.